The molecule has 2 N–H and O–H groups in total. The second-order valence-corrected chi connectivity index (χ2v) is 5.42. The Balaban J connectivity index is 1.89. The number of hydrogen-bond donors (Lipinski definition) is 1. The van der Waals surface area contributed by atoms with Gasteiger partial charge in [-0.05, 0) is 30.9 Å². The molecule has 1 aliphatic rings. The maximum Gasteiger partial charge on any atom is 0.0622 e. The summed E-state index contributed by atoms with van der Waals surface area (Å²) in [6.45, 7) is 8.20. The average molecular weight is 262 g/mol. The van der Waals surface area contributed by atoms with Gasteiger partial charge in [-0.15, -0.1) is 0 Å². The van der Waals surface area contributed by atoms with E-state index < -0.39 is 0 Å². The van der Waals surface area contributed by atoms with Crippen LogP contribution < -0.4 is 5.73 Å². The molecule has 0 aromatic heterocycles. The van der Waals surface area contributed by atoms with Crippen molar-refractivity contribution in [2.45, 2.75) is 38.8 Å². The van der Waals surface area contributed by atoms with E-state index in [0.29, 0.717) is 6.04 Å². The van der Waals surface area contributed by atoms with Crippen LogP contribution in [0.25, 0.3) is 0 Å². The SMILES string of the molecule is CCC1COCCN1CCC(N)c1ccccc1C. The fourth-order valence-corrected chi connectivity index (χ4v) is 2.82. The summed E-state index contributed by atoms with van der Waals surface area (Å²) >= 11 is 0. The molecule has 1 aromatic carbocycles. The molecule has 3 heteroatoms. The van der Waals surface area contributed by atoms with E-state index in [9.17, 15) is 0 Å². The summed E-state index contributed by atoms with van der Waals surface area (Å²) in [6, 6.07) is 9.14. The van der Waals surface area contributed by atoms with Gasteiger partial charge >= 0.3 is 0 Å². The summed E-state index contributed by atoms with van der Waals surface area (Å²) in [5.41, 5.74) is 8.92. The van der Waals surface area contributed by atoms with Gasteiger partial charge in [-0.25, -0.2) is 0 Å². The van der Waals surface area contributed by atoms with Crippen molar-refractivity contribution in [3.8, 4) is 0 Å². The van der Waals surface area contributed by atoms with Crippen LogP contribution >= 0.6 is 0 Å². The molecule has 0 amide bonds. The van der Waals surface area contributed by atoms with Crippen LogP contribution in [0.1, 0.15) is 36.9 Å². The molecule has 0 aliphatic carbocycles. The number of ether oxygens (including phenoxy) is 1. The van der Waals surface area contributed by atoms with Gasteiger partial charge in [0.15, 0.2) is 0 Å². The van der Waals surface area contributed by atoms with Gasteiger partial charge in [0.2, 0.25) is 0 Å². The van der Waals surface area contributed by atoms with Crippen molar-refractivity contribution in [1.29, 1.82) is 0 Å². The maximum atomic E-state index is 6.34. The summed E-state index contributed by atoms with van der Waals surface area (Å²) < 4.78 is 5.54. The largest absolute Gasteiger partial charge is 0.378 e. The first kappa shape index (κ1) is 14.5. The van der Waals surface area contributed by atoms with E-state index in [2.05, 4.69) is 43.0 Å². The van der Waals surface area contributed by atoms with Gasteiger partial charge in [-0.3, -0.25) is 4.90 Å². The predicted octanol–water partition coefficient (Wildman–Crippen LogP) is 2.50. The van der Waals surface area contributed by atoms with E-state index in [1.54, 1.807) is 0 Å². The fourth-order valence-electron chi connectivity index (χ4n) is 2.82. The Bertz CT molecular complexity index is 394. The minimum absolute atomic E-state index is 0.140. The van der Waals surface area contributed by atoms with Gasteiger partial charge in [0.1, 0.15) is 0 Å². The van der Waals surface area contributed by atoms with Crippen LogP contribution in [0.3, 0.4) is 0 Å². The summed E-state index contributed by atoms with van der Waals surface area (Å²) in [6.07, 6.45) is 2.17. The quantitative estimate of drug-likeness (QED) is 0.886. The molecule has 0 bridgehead atoms. The Morgan fingerprint density at radius 3 is 2.95 bits per heavy atom. The minimum Gasteiger partial charge on any atom is -0.378 e. The normalized spacial score (nSPS) is 22.4. The highest BCUT2D eigenvalue weighted by molar-refractivity contribution is 5.28. The molecule has 2 unspecified atom stereocenters. The number of nitrogens with two attached hydrogens (primary N) is 1. The highest BCUT2D eigenvalue weighted by Gasteiger charge is 2.21. The molecule has 1 aliphatic heterocycles. The summed E-state index contributed by atoms with van der Waals surface area (Å²) in [5.74, 6) is 0. The van der Waals surface area contributed by atoms with Crippen molar-refractivity contribution in [2.24, 2.45) is 5.73 Å². The van der Waals surface area contributed by atoms with E-state index >= 15 is 0 Å². The van der Waals surface area contributed by atoms with Crippen molar-refractivity contribution >= 4 is 0 Å². The van der Waals surface area contributed by atoms with Crippen LogP contribution in [0, 0.1) is 6.92 Å². The summed E-state index contributed by atoms with van der Waals surface area (Å²) in [5, 5.41) is 0. The molecule has 1 aromatic rings. The Morgan fingerprint density at radius 1 is 1.42 bits per heavy atom. The van der Waals surface area contributed by atoms with Crippen molar-refractivity contribution < 1.29 is 4.74 Å². The maximum absolute atomic E-state index is 6.34. The van der Waals surface area contributed by atoms with Gasteiger partial charge in [0.25, 0.3) is 0 Å². The van der Waals surface area contributed by atoms with Crippen molar-refractivity contribution in [3.05, 3.63) is 35.4 Å². The van der Waals surface area contributed by atoms with Crippen molar-refractivity contribution in [2.75, 3.05) is 26.3 Å². The van der Waals surface area contributed by atoms with Gasteiger partial charge in [0, 0.05) is 25.2 Å². The zero-order valence-electron chi connectivity index (χ0n) is 12.1. The van der Waals surface area contributed by atoms with Crippen molar-refractivity contribution in [1.82, 2.24) is 4.90 Å². The lowest BCUT2D eigenvalue weighted by molar-refractivity contribution is -0.00965. The molecule has 19 heavy (non-hydrogen) atoms. The number of nitrogens with zero attached hydrogens (tertiary/aromatic N) is 1. The fraction of sp³-hybridized carbons (Fsp3) is 0.625. The van der Waals surface area contributed by atoms with Gasteiger partial charge in [-0.1, -0.05) is 31.2 Å². The standard InChI is InChI=1S/C16H26N2O/c1-3-14-12-19-11-10-18(14)9-8-16(17)15-7-5-4-6-13(15)2/h4-7,14,16H,3,8-12,17H2,1-2H3. The number of aryl methyl sites for hydroxylation is 1. The Kier molecular flexibility index (Phi) is 5.37. The van der Waals surface area contributed by atoms with E-state index in [0.717, 1.165) is 39.1 Å². The van der Waals surface area contributed by atoms with Crippen molar-refractivity contribution in [3.63, 3.8) is 0 Å². The van der Waals surface area contributed by atoms with Gasteiger partial charge < -0.3 is 10.5 Å². The van der Waals surface area contributed by atoms with Crippen LogP contribution in [0.2, 0.25) is 0 Å². The first-order chi connectivity index (χ1) is 9.22. The zero-order valence-corrected chi connectivity index (χ0v) is 12.1. The molecule has 0 saturated carbocycles. The van der Waals surface area contributed by atoms with Crippen LogP contribution in [-0.2, 0) is 4.74 Å². The molecule has 3 nitrogen and oxygen atoms in total. The van der Waals surface area contributed by atoms with Crippen LogP contribution in [0.15, 0.2) is 24.3 Å². The molecule has 0 spiro atoms. The molecule has 1 saturated heterocycles. The molecule has 1 heterocycles. The number of morpholine rings is 1. The third-order valence-corrected chi connectivity index (χ3v) is 4.14. The lowest BCUT2D eigenvalue weighted by Gasteiger charge is -2.35. The first-order valence-corrected chi connectivity index (χ1v) is 7.35. The third-order valence-electron chi connectivity index (χ3n) is 4.14. The van der Waals surface area contributed by atoms with Crippen LogP contribution in [0.5, 0.6) is 0 Å². The lowest BCUT2D eigenvalue weighted by Crippen LogP contribution is -2.45. The average Bonchev–Trinajstić information content (AvgIpc) is 2.45. The topological polar surface area (TPSA) is 38.5 Å². The molecule has 0 radical (unpaired) electrons. The Hall–Kier alpha value is -0.900. The first-order valence-electron chi connectivity index (χ1n) is 7.35. The molecular formula is C16H26N2O. The second-order valence-electron chi connectivity index (χ2n) is 5.42. The summed E-state index contributed by atoms with van der Waals surface area (Å²) in [4.78, 5) is 2.53. The second kappa shape index (κ2) is 7.04. The number of rotatable bonds is 5. The molecule has 2 rings (SSSR count). The van der Waals surface area contributed by atoms with E-state index in [1.165, 1.54) is 11.1 Å². The third kappa shape index (κ3) is 3.78. The highest BCUT2D eigenvalue weighted by atomic mass is 16.5. The molecule has 106 valence electrons. The molecule has 1 fully saturated rings. The van der Waals surface area contributed by atoms with Gasteiger partial charge in [0.05, 0.1) is 13.2 Å². The highest BCUT2D eigenvalue weighted by Crippen LogP contribution is 2.20. The van der Waals surface area contributed by atoms with E-state index in [4.69, 9.17) is 10.5 Å². The Morgan fingerprint density at radius 2 is 2.21 bits per heavy atom. The monoisotopic (exact) mass is 262 g/mol. The Labute approximate surface area is 116 Å². The van der Waals surface area contributed by atoms with Gasteiger partial charge in [-0.2, -0.15) is 0 Å². The van der Waals surface area contributed by atoms with E-state index in [-0.39, 0.29) is 6.04 Å². The van der Waals surface area contributed by atoms with Crippen LogP contribution in [-0.4, -0.2) is 37.2 Å². The lowest BCUT2D eigenvalue weighted by atomic mass is 9.99. The summed E-state index contributed by atoms with van der Waals surface area (Å²) in [7, 11) is 0. The zero-order chi connectivity index (χ0) is 13.7. The minimum atomic E-state index is 0.140. The number of hydrogen-bond acceptors (Lipinski definition) is 3. The molecule has 2 atom stereocenters. The molecular weight excluding hydrogens is 236 g/mol. The number of benzene rings is 1. The smallest absolute Gasteiger partial charge is 0.0622 e. The predicted molar refractivity (Wildman–Crippen MR) is 79.2 cm³/mol. The van der Waals surface area contributed by atoms with Crippen LogP contribution in [0.4, 0.5) is 0 Å². The van der Waals surface area contributed by atoms with E-state index in [1.807, 2.05) is 0 Å².